The Bertz CT molecular complexity index is 2470. The standard InChI is InChI=1S/C44H26BN3OSSi/c46-27-29-19-21-34-38(23-29)49-39-25-31(26-41-44(39)45(34)35-22-20-30(28-47)24-40(35)50-41)48-36-15-7-9-17-42(36)51(32-11-3-1-4-12-32,33-13-5-2-6-14-33)43-18-10-8-16-37(43)48/h1-26H. The van der Waals surface area contributed by atoms with Crippen LogP contribution >= 0.6 is 11.8 Å². The summed E-state index contributed by atoms with van der Waals surface area (Å²) in [6.07, 6.45) is 0. The van der Waals surface area contributed by atoms with Gasteiger partial charge >= 0.3 is 0 Å². The Morgan fingerprint density at radius 2 is 1.12 bits per heavy atom. The molecule has 236 valence electrons. The molecule has 0 radical (unpaired) electrons. The molecule has 7 aromatic carbocycles. The fourth-order valence-electron chi connectivity index (χ4n) is 8.44. The minimum Gasteiger partial charge on any atom is -0.458 e. The smallest absolute Gasteiger partial charge is 0.253 e. The number of hydrogen-bond donors (Lipinski definition) is 0. The Morgan fingerprint density at radius 3 is 1.75 bits per heavy atom. The van der Waals surface area contributed by atoms with E-state index in [1.54, 1.807) is 11.8 Å². The normalized spacial score (nSPS) is 14.0. The molecule has 0 bridgehead atoms. The first-order chi connectivity index (χ1) is 25.2. The van der Waals surface area contributed by atoms with Crippen molar-refractivity contribution in [3.8, 4) is 23.6 Å². The van der Waals surface area contributed by atoms with Crippen molar-refractivity contribution in [2.45, 2.75) is 9.79 Å². The minimum atomic E-state index is -2.76. The van der Waals surface area contributed by atoms with Crippen LogP contribution in [-0.2, 0) is 0 Å². The van der Waals surface area contributed by atoms with Gasteiger partial charge in [0.1, 0.15) is 11.5 Å². The van der Waals surface area contributed by atoms with Crippen molar-refractivity contribution in [2.75, 3.05) is 4.90 Å². The Hall–Kier alpha value is -6.25. The van der Waals surface area contributed by atoms with E-state index in [0.717, 1.165) is 49.0 Å². The zero-order chi connectivity index (χ0) is 34.1. The van der Waals surface area contributed by atoms with Crippen LogP contribution in [0.25, 0.3) is 0 Å². The number of anilines is 3. The molecule has 7 aromatic rings. The molecule has 0 amide bonds. The lowest BCUT2D eigenvalue weighted by molar-refractivity contribution is 0.486. The summed E-state index contributed by atoms with van der Waals surface area (Å²) in [5.74, 6) is 1.48. The van der Waals surface area contributed by atoms with Crippen molar-refractivity contribution in [2.24, 2.45) is 0 Å². The molecule has 10 rings (SSSR count). The van der Waals surface area contributed by atoms with E-state index in [4.69, 9.17) is 4.74 Å². The number of nitriles is 2. The van der Waals surface area contributed by atoms with Gasteiger partial charge in [-0.25, -0.2) is 0 Å². The predicted molar refractivity (Wildman–Crippen MR) is 209 cm³/mol. The van der Waals surface area contributed by atoms with Gasteiger partial charge in [-0.1, -0.05) is 126 Å². The summed E-state index contributed by atoms with van der Waals surface area (Å²) in [6, 6.07) is 60.6. The van der Waals surface area contributed by atoms with E-state index in [9.17, 15) is 10.5 Å². The van der Waals surface area contributed by atoms with Gasteiger partial charge in [-0.3, -0.25) is 0 Å². The van der Waals surface area contributed by atoms with E-state index in [-0.39, 0.29) is 6.71 Å². The van der Waals surface area contributed by atoms with Crippen molar-refractivity contribution in [1.82, 2.24) is 0 Å². The highest BCUT2D eigenvalue weighted by Crippen LogP contribution is 2.44. The molecule has 7 heteroatoms. The van der Waals surface area contributed by atoms with Crippen LogP contribution < -0.4 is 46.8 Å². The van der Waals surface area contributed by atoms with Gasteiger partial charge in [-0.15, -0.1) is 0 Å². The molecule has 0 atom stereocenters. The fourth-order valence-corrected chi connectivity index (χ4v) is 14.8. The highest BCUT2D eigenvalue weighted by Gasteiger charge is 2.49. The predicted octanol–water partition coefficient (Wildman–Crippen LogP) is 5.68. The number of nitrogens with zero attached hydrogens (tertiary/aromatic N) is 3. The van der Waals surface area contributed by atoms with Crippen molar-refractivity contribution in [3.05, 3.63) is 169 Å². The molecule has 0 spiro atoms. The monoisotopic (exact) mass is 683 g/mol. The molecule has 3 aliphatic heterocycles. The van der Waals surface area contributed by atoms with E-state index in [1.165, 1.54) is 20.7 Å². The van der Waals surface area contributed by atoms with Crippen LogP contribution in [-0.4, -0.2) is 14.8 Å². The molecule has 3 heterocycles. The van der Waals surface area contributed by atoms with Gasteiger partial charge in [0.15, 0.2) is 8.07 Å². The number of fused-ring (bicyclic) bond motifs is 6. The van der Waals surface area contributed by atoms with Crippen LogP contribution in [0.4, 0.5) is 17.1 Å². The lowest BCUT2D eigenvalue weighted by Crippen LogP contribution is -2.77. The zero-order valence-electron chi connectivity index (χ0n) is 27.2. The van der Waals surface area contributed by atoms with Crippen LogP contribution in [0.3, 0.4) is 0 Å². The molecule has 0 unspecified atom stereocenters. The number of hydrogen-bond acceptors (Lipinski definition) is 5. The van der Waals surface area contributed by atoms with Gasteiger partial charge in [0.25, 0.3) is 6.71 Å². The molecule has 0 aromatic heterocycles. The first kappa shape index (κ1) is 29.6. The van der Waals surface area contributed by atoms with E-state index >= 15 is 0 Å². The van der Waals surface area contributed by atoms with Gasteiger partial charge < -0.3 is 9.64 Å². The molecular formula is C44H26BN3OSSi. The maximum atomic E-state index is 9.82. The van der Waals surface area contributed by atoms with Gasteiger partial charge in [-0.05, 0) is 74.1 Å². The van der Waals surface area contributed by atoms with Crippen LogP contribution in [0.5, 0.6) is 11.5 Å². The number of para-hydroxylation sites is 2. The van der Waals surface area contributed by atoms with Crippen LogP contribution in [0.2, 0.25) is 0 Å². The molecule has 0 fully saturated rings. The summed E-state index contributed by atoms with van der Waals surface area (Å²) >= 11 is 1.69. The summed E-state index contributed by atoms with van der Waals surface area (Å²) in [7, 11) is -2.76. The average Bonchev–Trinajstić information content (AvgIpc) is 3.19. The summed E-state index contributed by atoms with van der Waals surface area (Å²) in [5.41, 5.74) is 7.77. The topological polar surface area (TPSA) is 60.0 Å². The second kappa shape index (κ2) is 11.4. The van der Waals surface area contributed by atoms with Gasteiger partial charge in [0.2, 0.25) is 0 Å². The first-order valence-electron chi connectivity index (χ1n) is 16.9. The summed E-state index contributed by atoms with van der Waals surface area (Å²) in [4.78, 5) is 4.56. The summed E-state index contributed by atoms with van der Waals surface area (Å²) in [6.45, 7) is -0.0818. The molecular weight excluding hydrogens is 657 g/mol. The molecule has 0 aliphatic carbocycles. The third-order valence-corrected chi connectivity index (χ3v) is 16.5. The fraction of sp³-hybridized carbons (Fsp3) is 0. The molecule has 0 saturated carbocycles. The molecule has 3 aliphatic rings. The Morgan fingerprint density at radius 1 is 0.549 bits per heavy atom. The summed E-state index contributed by atoms with van der Waals surface area (Å²) in [5, 5.41) is 24.9. The quantitative estimate of drug-likeness (QED) is 0.225. The second-order valence-corrected chi connectivity index (χ2v) is 17.9. The largest absolute Gasteiger partial charge is 0.458 e. The minimum absolute atomic E-state index is 0.0818. The average molecular weight is 684 g/mol. The lowest BCUT2D eigenvalue weighted by atomic mass is 9.35. The van der Waals surface area contributed by atoms with Crippen LogP contribution in [0.1, 0.15) is 11.1 Å². The maximum Gasteiger partial charge on any atom is 0.253 e. The van der Waals surface area contributed by atoms with E-state index in [2.05, 4.69) is 144 Å². The Labute approximate surface area is 301 Å². The highest BCUT2D eigenvalue weighted by atomic mass is 32.2. The Kier molecular flexibility index (Phi) is 6.63. The van der Waals surface area contributed by atoms with E-state index in [1.807, 2.05) is 30.3 Å². The van der Waals surface area contributed by atoms with Crippen molar-refractivity contribution < 1.29 is 4.74 Å². The third-order valence-electron chi connectivity index (χ3n) is 10.5. The van der Waals surface area contributed by atoms with Gasteiger partial charge in [-0.2, -0.15) is 10.5 Å². The van der Waals surface area contributed by atoms with Crippen LogP contribution in [0, 0.1) is 22.7 Å². The van der Waals surface area contributed by atoms with Crippen LogP contribution in [0.15, 0.2) is 168 Å². The third kappa shape index (κ3) is 4.26. The molecule has 0 saturated heterocycles. The zero-order valence-corrected chi connectivity index (χ0v) is 29.1. The number of ether oxygens (including phenoxy) is 1. The summed E-state index contributed by atoms with van der Waals surface area (Å²) < 4.78 is 6.78. The maximum absolute atomic E-state index is 9.82. The lowest BCUT2D eigenvalue weighted by Gasteiger charge is -2.45. The van der Waals surface area contributed by atoms with Gasteiger partial charge in [0, 0.05) is 27.2 Å². The SMILES string of the molecule is N#Cc1ccc2c(c1)Oc1cc(N3c4ccccc4[Si](c4ccccc4)(c4ccccc4)c4ccccc43)cc3c1B2c1ccc(C#N)cc1S3. The Balaban J connectivity index is 1.24. The van der Waals surface area contributed by atoms with Crippen molar-refractivity contribution >= 4 is 80.7 Å². The molecule has 4 nitrogen and oxygen atoms in total. The molecule has 51 heavy (non-hydrogen) atoms. The second-order valence-electron chi connectivity index (χ2n) is 13.1. The molecule has 0 N–H and O–H groups in total. The number of benzene rings is 7. The van der Waals surface area contributed by atoms with Crippen molar-refractivity contribution in [3.63, 3.8) is 0 Å². The first-order valence-corrected chi connectivity index (χ1v) is 19.7. The number of rotatable bonds is 3. The van der Waals surface area contributed by atoms with E-state index < -0.39 is 8.07 Å². The van der Waals surface area contributed by atoms with Crippen molar-refractivity contribution in [1.29, 1.82) is 10.5 Å². The van der Waals surface area contributed by atoms with Gasteiger partial charge in [0.05, 0.1) is 29.0 Å². The highest BCUT2D eigenvalue weighted by molar-refractivity contribution is 8.00. The van der Waals surface area contributed by atoms with E-state index in [0.29, 0.717) is 16.9 Å².